The van der Waals surface area contributed by atoms with Gasteiger partial charge >= 0.3 is 0 Å². The van der Waals surface area contributed by atoms with Gasteiger partial charge in [-0.05, 0) is 6.92 Å². The van der Waals surface area contributed by atoms with Gasteiger partial charge in [0.2, 0.25) is 5.91 Å². The molecule has 0 bridgehead atoms. The van der Waals surface area contributed by atoms with Crippen molar-refractivity contribution in [2.45, 2.75) is 33.1 Å². The maximum absolute atomic E-state index is 11.4. The Hall–Kier alpha value is -1.85. The average Bonchev–Trinajstić information content (AvgIpc) is 2.63. The summed E-state index contributed by atoms with van der Waals surface area (Å²) < 4.78 is 0. The molecule has 2 heterocycles. The van der Waals surface area contributed by atoms with Crippen LogP contribution in [0.4, 0.5) is 11.6 Å². The number of hydrogen-bond acceptors (Lipinski definition) is 5. The van der Waals surface area contributed by atoms with E-state index < -0.39 is 0 Å². The van der Waals surface area contributed by atoms with Crippen molar-refractivity contribution in [3.63, 3.8) is 0 Å². The molecular formula is C14H23N5O. The molecule has 0 spiro atoms. The van der Waals surface area contributed by atoms with E-state index in [2.05, 4.69) is 39.3 Å². The number of hydrogen-bond donors (Lipinski definition) is 2. The largest absolute Gasteiger partial charge is 0.370 e. The summed E-state index contributed by atoms with van der Waals surface area (Å²) in [7, 11) is 0. The third-order valence-corrected chi connectivity index (χ3v) is 3.24. The number of carbonyl (C=O) groups is 1. The number of amides is 1. The van der Waals surface area contributed by atoms with Crippen molar-refractivity contribution >= 4 is 17.5 Å². The number of anilines is 2. The van der Waals surface area contributed by atoms with Crippen LogP contribution in [0.5, 0.6) is 0 Å². The molecule has 2 rings (SSSR count). The quantitative estimate of drug-likeness (QED) is 0.869. The second kappa shape index (κ2) is 6.54. The van der Waals surface area contributed by atoms with Gasteiger partial charge in [-0.15, -0.1) is 0 Å². The minimum atomic E-state index is 0.109. The highest BCUT2D eigenvalue weighted by atomic mass is 16.1. The molecule has 0 atom stereocenters. The predicted octanol–water partition coefficient (Wildman–Crippen LogP) is 1.36. The highest BCUT2D eigenvalue weighted by molar-refractivity contribution is 5.77. The van der Waals surface area contributed by atoms with Gasteiger partial charge in [0.15, 0.2) is 0 Å². The van der Waals surface area contributed by atoms with Gasteiger partial charge in [0.1, 0.15) is 17.5 Å². The van der Waals surface area contributed by atoms with E-state index in [0.29, 0.717) is 19.5 Å². The van der Waals surface area contributed by atoms with Gasteiger partial charge < -0.3 is 15.5 Å². The first-order chi connectivity index (χ1) is 9.60. The third kappa shape index (κ3) is 3.59. The van der Waals surface area contributed by atoms with Crippen LogP contribution < -0.4 is 15.5 Å². The number of rotatable bonds is 4. The van der Waals surface area contributed by atoms with Crippen molar-refractivity contribution in [3.8, 4) is 0 Å². The van der Waals surface area contributed by atoms with Gasteiger partial charge in [0.05, 0.1) is 0 Å². The van der Waals surface area contributed by atoms with E-state index >= 15 is 0 Å². The van der Waals surface area contributed by atoms with E-state index in [1.165, 1.54) is 0 Å². The van der Waals surface area contributed by atoms with Gasteiger partial charge in [-0.1, -0.05) is 13.8 Å². The molecule has 2 N–H and O–H groups in total. The molecule has 0 radical (unpaired) electrons. The van der Waals surface area contributed by atoms with Crippen molar-refractivity contribution in [2.24, 2.45) is 0 Å². The van der Waals surface area contributed by atoms with E-state index in [1.807, 2.05) is 13.0 Å². The number of aromatic nitrogens is 2. The minimum Gasteiger partial charge on any atom is -0.370 e. The van der Waals surface area contributed by atoms with E-state index in [0.717, 1.165) is 30.5 Å². The smallest absolute Gasteiger partial charge is 0.221 e. The summed E-state index contributed by atoms with van der Waals surface area (Å²) in [6.07, 6.45) is 0.511. The first-order valence-electron chi connectivity index (χ1n) is 7.24. The maximum Gasteiger partial charge on any atom is 0.221 e. The molecule has 0 aliphatic carbocycles. The molecule has 0 unspecified atom stereocenters. The molecule has 1 aromatic rings. The molecule has 1 aliphatic heterocycles. The van der Waals surface area contributed by atoms with Crippen molar-refractivity contribution in [1.29, 1.82) is 0 Å². The summed E-state index contributed by atoms with van der Waals surface area (Å²) >= 11 is 0. The Balaban J connectivity index is 2.26. The van der Waals surface area contributed by atoms with Crippen LogP contribution in [-0.4, -0.2) is 42.1 Å². The Labute approximate surface area is 120 Å². The molecule has 1 aromatic heterocycles. The van der Waals surface area contributed by atoms with Crippen LogP contribution in [0, 0.1) is 0 Å². The van der Waals surface area contributed by atoms with E-state index in [-0.39, 0.29) is 11.8 Å². The van der Waals surface area contributed by atoms with Crippen LogP contribution >= 0.6 is 0 Å². The van der Waals surface area contributed by atoms with Crippen LogP contribution in [0.1, 0.15) is 38.9 Å². The molecule has 1 saturated heterocycles. The molecule has 6 heteroatoms. The van der Waals surface area contributed by atoms with Crippen LogP contribution in [0.2, 0.25) is 0 Å². The summed E-state index contributed by atoms with van der Waals surface area (Å²) in [5.74, 6) is 2.97. The standard InChI is InChI=1S/C14H23N5O/c1-4-15-11-9-12(18-14(17-11)10(2)3)19-7-5-13(20)16-6-8-19/h9-10H,4-8H2,1-3H3,(H,16,20)(H,15,17,18). The fourth-order valence-electron chi connectivity index (χ4n) is 2.14. The van der Waals surface area contributed by atoms with E-state index in [9.17, 15) is 4.79 Å². The SMILES string of the molecule is CCNc1cc(N2CCNC(=O)CC2)nc(C(C)C)n1. The number of nitrogens with one attached hydrogen (secondary N) is 2. The zero-order valence-corrected chi connectivity index (χ0v) is 12.4. The van der Waals surface area contributed by atoms with Crippen molar-refractivity contribution in [1.82, 2.24) is 15.3 Å². The Bertz CT molecular complexity index is 475. The second-order valence-corrected chi connectivity index (χ2v) is 5.24. The lowest BCUT2D eigenvalue weighted by atomic mass is 10.2. The monoisotopic (exact) mass is 277 g/mol. The highest BCUT2D eigenvalue weighted by Gasteiger charge is 2.17. The van der Waals surface area contributed by atoms with Gasteiger partial charge in [0, 0.05) is 44.6 Å². The summed E-state index contributed by atoms with van der Waals surface area (Å²) in [6.45, 7) is 9.19. The van der Waals surface area contributed by atoms with Crippen molar-refractivity contribution in [3.05, 3.63) is 11.9 Å². The van der Waals surface area contributed by atoms with Crippen LogP contribution in [0.15, 0.2) is 6.07 Å². The van der Waals surface area contributed by atoms with E-state index in [4.69, 9.17) is 0 Å². The normalized spacial score (nSPS) is 16.0. The lowest BCUT2D eigenvalue weighted by Crippen LogP contribution is -2.29. The Morgan fingerprint density at radius 3 is 2.90 bits per heavy atom. The zero-order chi connectivity index (χ0) is 14.5. The Kier molecular flexibility index (Phi) is 4.76. The predicted molar refractivity (Wildman–Crippen MR) is 80.1 cm³/mol. The summed E-state index contributed by atoms with van der Waals surface area (Å²) in [5.41, 5.74) is 0. The Morgan fingerprint density at radius 1 is 1.40 bits per heavy atom. The number of carbonyl (C=O) groups excluding carboxylic acids is 1. The van der Waals surface area contributed by atoms with Crippen LogP contribution in [0.25, 0.3) is 0 Å². The molecule has 6 nitrogen and oxygen atoms in total. The van der Waals surface area contributed by atoms with Gasteiger partial charge in [-0.2, -0.15) is 0 Å². The molecule has 0 aromatic carbocycles. The van der Waals surface area contributed by atoms with Crippen LogP contribution in [0.3, 0.4) is 0 Å². The summed E-state index contributed by atoms with van der Waals surface area (Å²) in [6, 6.07) is 1.96. The topological polar surface area (TPSA) is 70.2 Å². The Morgan fingerprint density at radius 2 is 2.20 bits per heavy atom. The fourth-order valence-corrected chi connectivity index (χ4v) is 2.14. The minimum absolute atomic E-state index is 0.109. The summed E-state index contributed by atoms with van der Waals surface area (Å²) in [5, 5.41) is 6.13. The van der Waals surface area contributed by atoms with Gasteiger partial charge in [-0.25, -0.2) is 9.97 Å². The molecular weight excluding hydrogens is 254 g/mol. The number of nitrogens with zero attached hydrogens (tertiary/aromatic N) is 3. The zero-order valence-electron chi connectivity index (χ0n) is 12.4. The lowest BCUT2D eigenvalue weighted by molar-refractivity contribution is -0.120. The fraction of sp³-hybridized carbons (Fsp3) is 0.643. The molecule has 20 heavy (non-hydrogen) atoms. The molecule has 1 aliphatic rings. The lowest BCUT2D eigenvalue weighted by Gasteiger charge is -2.22. The first kappa shape index (κ1) is 14.6. The van der Waals surface area contributed by atoms with Crippen molar-refractivity contribution in [2.75, 3.05) is 36.4 Å². The van der Waals surface area contributed by atoms with Crippen molar-refractivity contribution < 1.29 is 4.79 Å². The van der Waals surface area contributed by atoms with Gasteiger partial charge in [0.25, 0.3) is 0 Å². The van der Waals surface area contributed by atoms with Crippen LogP contribution in [-0.2, 0) is 4.79 Å². The maximum atomic E-state index is 11.4. The molecule has 1 amide bonds. The first-order valence-corrected chi connectivity index (χ1v) is 7.24. The molecule has 1 fully saturated rings. The summed E-state index contributed by atoms with van der Waals surface area (Å²) in [4.78, 5) is 22.7. The molecule has 110 valence electrons. The van der Waals surface area contributed by atoms with E-state index in [1.54, 1.807) is 0 Å². The van der Waals surface area contributed by atoms with Gasteiger partial charge in [-0.3, -0.25) is 4.79 Å². The average molecular weight is 277 g/mol. The highest BCUT2D eigenvalue weighted by Crippen LogP contribution is 2.20. The second-order valence-electron chi connectivity index (χ2n) is 5.24. The third-order valence-electron chi connectivity index (χ3n) is 3.24. The molecule has 0 saturated carbocycles.